The maximum Gasteiger partial charge on any atom is 0.123 e. The number of β-amino-alcohol motifs (C(OH)–C–C–N with tert-alkyl or cyclic N) is 1. The summed E-state index contributed by atoms with van der Waals surface area (Å²) in [5.41, 5.74) is 9.57. The van der Waals surface area contributed by atoms with E-state index in [1.165, 1.54) is 5.56 Å². The molecule has 0 aliphatic carbocycles. The fourth-order valence-corrected chi connectivity index (χ4v) is 3.78. The molecule has 0 saturated heterocycles. The second-order valence-corrected chi connectivity index (χ2v) is 8.77. The van der Waals surface area contributed by atoms with Crippen molar-refractivity contribution in [2.24, 2.45) is 0 Å². The number of nitrogen functional groups attached to an aromatic ring is 1. The number of H-pyrrole nitrogens is 1. The molecule has 6 nitrogen and oxygen atoms in total. The molecule has 5 N–H and O–H groups in total. The van der Waals surface area contributed by atoms with E-state index in [1.54, 1.807) is 18.3 Å². The first-order valence-corrected chi connectivity index (χ1v) is 10.8. The molecule has 1 atom stereocenters. The number of pyridine rings is 1. The van der Waals surface area contributed by atoms with Gasteiger partial charge in [0.05, 0.1) is 6.10 Å². The number of aliphatic hydroxyl groups is 1. The summed E-state index contributed by atoms with van der Waals surface area (Å²) in [4.78, 5) is 7.41. The summed E-state index contributed by atoms with van der Waals surface area (Å²) in [5, 5.41) is 15.1. The minimum absolute atomic E-state index is 0.224. The van der Waals surface area contributed by atoms with Crippen LogP contribution in [0.5, 0.6) is 5.75 Å². The maximum absolute atomic E-state index is 10.5. The zero-order valence-corrected chi connectivity index (χ0v) is 18.5. The molecule has 6 heteroatoms. The Morgan fingerprint density at radius 1 is 1.12 bits per heavy atom. The smallest absolute Gasteiger partial charge is 0.123 e. The maximum atomic E-state index is 10.5. The van der Waals surface area contributed by atoms with Crippen LogP contribution in [-0.2, 0) is 13.0 Å². The van der Waals surface area contributed by atoms with Crippen molar-refractivity contribution in [3.63, 3.8) is 0 Å². The third-order valence-corrected chi connectivity index (χ3v) is 5.59. The number of nitrogens with zero attached hydrogens (tertiary/aromatic N) is 1. The predicted molar refractivity (Wildman–Crippen MR) is 128 cm³/mol. The molecule has 0 fully saturated rings. The van der Waals surface area contributed by atoms with Crippen molar-refractivity contribution in [2.75, 3.05) is 12.3 Å². The second-order valence-electron chi connectivity index (χ2n) is 8.77. The quantitative estimate of drug-likeness (QED) is 0.316. The van der Waals surface area contributed by atoms with Crippen molar-refractivity contribution in [3.05, 3.63) is 89.7 Å². The largest absolute Gasteiger partial charge is 0.489 e. The van der Waals surface area contributed by atoms with Gasteiger partial charge in [0.2, 0.25) is 0 Å². The average molecular weight is 431 g/mol. The topological polar surface area (TPSA) is 96.2 Å². The molecule has 2 aromatic carbocycles. The SMILES string of the molecule is CC(C)(Cc1c[nH]c2ccc(OCc3ccccc3)cc12)NC[C@H](O)c1ccc(N)nc1. The first-order chi connectivity index (χ1) is 15.4. The summed E-state index contributed by atoms with van der Waals surface area (Å²) in [6, 6.07) is 19.8. The van der Waals surface area contributed by atoms with E-state index in [2.05, 4.69) is 59.6 Å². The molecule has 166 valence electrons. The van der Waals surface area contributed by atoms with Gasteiger partial charge in [-0.05, 0) is 55.7 Å². The summed E-state index contributed by atoms with van der Waals surface area (Å²) in [6.45, 7) is 5.23. The minimum Gasteiger partial charge on any atom is -0.489 e. The molecule has 0 aliphatic rings. The lowest BCUT2D eigenvalue weighted by Crippen LogP contribution is -2.43. The molecular formula is C26H30N4O2. The zero-order valence-electron chi connectivity index (χ0n) is 18.5. The number of nitrogens with two attached hydrogens (primary N) is 1. The van der Waals surface area contributed by atoms with Crippen molar-refractivity contribution >= 4 is 16.7 Å². The number of aromatic amines is 1. The lowest BCUT2D eigenvalue weighted by Gasteiger charge is -2.28. The molecule has 0 amide bonds. The number of fused-ring (bicyclic) bond motifs is 1. The van der Waals surface area contributed by atoms with Gasteiger partial charge >= 0.3 is 0 Å². The Bertz CT molecular complexity index is 1150. The van der Waals surface area contributed by atoms with E-state index in [4.69, 9.17) is 10.5 Å². The van der Waals surface area contributed by atoms with Crippen LogP contribution in [0.4, 0.5) is 5.82 Å². The average Bonchev–Trinajstić information content (AvgIpc) is 3.18. The van der Waals surface area contributed by atoms with E-state index in [-0.39, 0.29) is 5.54 Å². The lowest BCUT2D eigenvalue weighted by atomic mass is 9.94. The van der Waals surface area contributed by atoms with Crippen LogP contribution >= 0.6 is 0 Å². The monoisotopic (exact) mass is 430 g/mol. The van der Waals surface area contributed by atoms with Gasteiger partial charge in [-0.3, -0.25) is 0 Å². The van der Waals surface area contributed by atoms with Gasteiger partial charge < -0.3 is 25.9 Å². The first kappa shape index (κ1) is 21.9. The van der Waals surface area contributed by atoms with Crippen molar-refractivity contribution < 1.29 is 9.84 Å². The Morgan fingerprint density at radius 2 is 1.94 bits per heavy atom. The highest BCUT2D eigenvalue weighted by Crippen LogP contribution is 2.27. The predicted octanol–water partition coefficient (Wildman–Crippen LogP) is 4.37. The number of hydrogen-bond acceptors (Lipinski definition) is 5. The summed E-state index contributed by atoms with van der Waals surface area (Å²) in [6.07, 6.45) is 3.81. The Labute approximate surface area is 188 Å². The fraction of sp³-hybridized carbons (Fsp3) is 0.269. The van der Waals surface area contributed by atoms with Gasteiger partial charge in [-0.2, -0.15) is 0 Å². The number of ether oxygens (including phenoxy) is 1. The first-order valence-electron chi connectivity index (χ1n) is 10.8. The molecule has 32 heavy (non-hydrogen) atoms. The van der Waals surface area contributed by atoms with E-state index in [0.29, 0.717) is 19.0 Å². The molecule has 0 unspecified atom stereocenters. The van der Waals surface area contributed by atoms with Crippen molar-refractivity contribution in [1.82, 2.24) is 15.3 Å². The Morgan fingerprint density at radius 3 is 2.69 bits per heavy atom. The van der Waals surface area contributed by atoms with Crippen molar-refractivity contribution in [2.45, 2.75) is 38.5 Å². The highest BCUT2D eigenvalue weighted by Gasteiger charge is 2.22. The number of nitrogens with one attached hydrogen (secondary N) is 2. The van der Waals surface area contributed by atoms with Crippen LogP contribution in [0.15, 0.2) is 73.1 Å². The Hall–Kier alpha value is -3.35. The summed E-state index contributed by atoms with van der Waals surface area (Å²) < 4.78 is 6.01. The lowest BCUT2D eigenvalue weighted by molar-refractivity contribution is 0.160. The standard InChI is InChI=1S/C26H30N4O2/c1-26(2,30-16-24(31)19-8-11-25(27)29-14-19)13-20-15-28-23-10-9-21(12-22(20)23)32-17-18-6-4-3-5-7-18/h3-12,14-15,24,28,30-31H,13,16-17H2,1-2H3,(H2,27,29)/t24-/m0/s1. The van der Waals surface area contributed by atoms with Crippen LogP contribution in [0.25, 0.3) is 10.9 Å². The van der Waals surface area contributed by atoms with Gasteiger partial charge in [0.1, 0.15) is 18.2 Å². The second kappa shape index (κ2) is 9.42. The van der Waals surface area contributed by atoms with E-state index in [1.807, 2.05) is 24.3 Å². The van der Waals surface area contributed by atoms with E-state index < -0.39 is 6.10 Å². The number of hydrogen-bond donors (Lipinski definition) is 4. The minimum atomic E-state index is -0.650. The number of benzene rings is 2. The molecular weight excluding hydrogens is 400 g/mol. The van der Waals surface area contributed by atoms with Crippen LogP contribution in [0.2, 0.25) is 0 Å². The zero-order chi connectivity index (χ0) is 22.6. The van der Waals surface area contributed by atoms with Gasteiger partial charge in [0.15, 0.2) is 0 Å². The summed E-state index contributed by atoms with van der Waals surface area (Å²) >= 11 is 0. The van der Waals surface area contributed by atoms with Crippen molar-refractivity contribution in [1.29, 1.82) is 0 Å². The third-order valence-electron chi connectivity index (χ3n) is 5.59. The molecule has 4 rings (SSSR count). The van der Waals surface area contributed by atoms with Crippen LogP contribution < -0.4 is 15.8 Å². The number of aliphatic hydroxyl groups excluding tert-OH is 1. The highest BCUT2D eigenvalue weighted by atomic mass is 16.5. The van der Waals surface area contributed by atoms with E-state index in [0.717, 1.165) is 34.2 Å². The van der Waals surface area contributed by atoms with Gasteiger partial charge in [-0.25, -0.2) is 4.98 Å². The van der Waals surface area contributed by atoms with E-state index in [9.17, 15) is 5.11 Å². The third kappa shape index (κ3) is 5.46. The highest BCUT2D eigenvalue weighted by molar-refractivity contribution is 5.84. The van der Waals surface area contributed by atoms with Gasteiger partial charge in [0.25, 0.3) is 0 Å². The number of rotatable bonds is 9. The molecule has 0 aliphatic heterocycles. The van der Waals surface area contributed by atoms with Crippen LogP contribution in [0, 0.1) is 0 Å². The van der Waals surface area contributed by atoms with Crippen LogP contribution in [-0.4, -0.2) is 27.2 Å². The Kier molecular flexibility index (Phi) is 6.44. The van der Waals surface area contributed by atoms with Gasteiger partial charge in [0, 0.05) is 40.9 Å². The van der Waals surface area contributed by atoms with Crippen LogP contribution in [0.3, 0.4) is 0 Å². The molecule has 0 radical (unpaired) electrons. The van der Waals surface area contributed by atoms with Crippen LogP contribution in [0.1, 0.15) is 36.6 Å². The fourth-order valence-electron chi connectivity index (χ4n) is 3.78. The number of aromatic nitrogens is 2. The van der Waals surface area contributed by atoms with E-state index >= 15 is 0 Å². The Balaban J connectivity index is 1.41. The molecule has 0 bridgehead atoms. The van der Waals surface area contributed by atoms with Gasteiger partial charge in [-0.1, -0.05) is 36.4 Å². The molecule has 4 aromatic rings. The van der Waals surface area contributed by atoms with Crippen molar-refractivity contribution in [3.8, 4) is 5.75 Å². The summed E-state index contributed by atoms with van der Waals surface area (Å²) in [5.74, 6) is 1.29. The molecule has 2 aromatic heterocycles. The molecule has 0 saturated carbocycles. The normalized spacial score (nSPS) is 12.7. The summed E-state index contributed by atoms with van der Waals surface area (Å²) in [7, 11) is 0. The van der Waals surface area contributed by atoms with Gasteiger partial charge in [-0.15, -0.1) is 0 Å². The molecule has 2 heterocycles. The number of anilines is 1. The molecule has 0 spiro atoms.